The number of hydrogen-bond acceptors (Lipinski definition) is 6. The van der Waals surface area contributed by atoms with Gasteiger partial charge in [0.25, 0.3) is 0 Å². The first-order chi connectivity index (χ1) is 20.4. The van der Waals surface area contributed by atoms with Crippen molar-refractivity contribution in [2.45, 2.75) is 101 Å². The molecule has 3 atom stereocenters. The molecule has 236 valence electrons. The number of aliphatic hydroxyl groups excluding tert-OH is 1. The van der Waals surface area contributed by atoms with Crippen LogP contribution in [-0.2, 0) is 31.7 Å². The number of aliphatic hydroxyl groups is 1. The number of carbonyl (C=O) groups is 2. The van der Waals surface area contributed by atoms with Gasteiger partial charge in [0, 0.05) is 18.2 Å². The van der Waals surface area contributed by atoms with Crippen molar-refractivity contribution in [2.24, 2.45) is 0 Å². The Kier molecular flexibility index (Phi) is 11.0. The van der Waals surface area contributed by atoms with Crippen molar-refractivity contribution < 1.29 is 28.2 Å². The molecule has 2 fully saturated rings. The molecule has 0 bridgehead atoms. The van der Waals surface area contributed by atoms with E-state index in [-0.39, 0.29) is 36.4 Å². The monoisotopic (exact) mass is 599 g/mol. The lowest BCUT2D eigenvalue weighted by molar-refractivity contribution is -0.142. The standard InChI is InChI=1S/C34H47F2N3O4/c1-33(2,3)24-10-8-11-25(19-24)34(13-6-5-7-14-34)37-21-30(40)28(18-23-16-26(35)20-27(36)17-23)38-32(42)29-12-9-15-39(29)22-31(41)43-4/h8,10-11,16-17,19-20,28-30,37,40H,5-7,9,12-15,18,21-22H2,1-4H3,(H,38,42)/t28-,29?,30+/m0/s1. The molecule has 2 aliphatic rings. The van der Waals surface area contributed by atoms with Crippen LogP contribution in [0.15, 0.2) is 42.5 Å². The second kappa shape index (κ2) is 14.3. The van der Waals surface area contributed by atoms with Crippen molar-refractivity contribution in [1.29, 1.82) is 0 Å². The molecule has 1 saturated heterocycles. The molecule has 3 N–H and O–H groups in total. The van der Waals surface area contributed by atoms with E-state index in [1.165, 1.54) is 30.4 Å². The molecule has 43 heavy (non-hydrogen) atoms. The number of rotatable bonds is 11. The molecule has 0 aromatic heterocycles. The third-order valence-electron chi connectivity index (χ3n) is 9.03. The molecule has 1 aliphatic heterocycles. The van der Waals surface area contributed by atoms with Crippen molar-refractivity contribution in [2.75, 3.05) is 26.7 Å². The number of carbonyl (C=O) groups excluding carboxylic acids is 2. The van der Waals surface area contributed by atoms with E-state index in [0.717, 1.165) is 44.6 Å². The topological polar surface area (TPSA) is 90.9 Å². The minimum Gasteiger partial charge on any atom is -0.468 e. The maximum Gasteiger partial charge on any atom is 0.319 e. The Morgan fingerprint density at radius 2 is 1.77 bits per heavy atom. The second-order valence-corrected chi connectivity index (χ2v) is 13.2. The van der Waals surface area contributed by atoms with E-state index >= 15 is 0 Å². The van der Waals surface area contributed by atoms with Crippen LogP contribution >= 0.6 is 0 Å². The van der Waals surface area contributed by atoms with E-state index < -0.39 is 35.8 Å². The molecular formula is C34H47F2N3O4. The lowest BCUT2D eigenvalue weighted by atomic mass is 9.74. The Bertz CT molecular complexity index is 1240. The van der Waals surface area contributed by atoms with Crippen LogP contribution in [0.5, 0.6) is 0 Å². The van der Waals surface area contributed by atoms with Crippen molar-refractivity contribution in [3.05, 3.63) is 70.8 Å². The summed E-state index contributed by atoms with van der Waals surface area (Å²) in [4.78, 5) is 27.2. The summed E-state index contributed by atoms with van der Waals surface area (Å²) in [5, 5.41) is 18.2. The summed E-state index contributed by atoms with van der Waals surface area (Å²) in [6, 6.07) is 10.5. The van der Waals surface area contributed by atoms with Gasteiger partial charge in [0.2, 0.25) is 5.91 Å². The van der Waals surface area contributed by atoms with Gasteiger partial charge in [-0.05, 0) is 72.9 Å². The fraction of sp³-hybridized carbons (Fsp3) is 0.588. The van der Waals surface area contributed by atoms with Gasteiger partial charge in [-0.1, -0.05) is 64.3 Å². The van der Waals surface area contributed by atoms with Crippen LogP contribution in [0.1, 0.15) is 82.4 Å². The number of nitrogens with zero attached hydrogens (tertiary/aromatic N) is 1. The van der Waals surface area contributed by atoms with Crippen LogP contribution < -0.4 is 10.6 Å². The zero-order chi connectivity index (χ0) is 31.2. The first kappa shape index (κ1) is 33.0. The predicted octanol–water partition coefficient (Wildman–Crippen LogP) is 4.74. The molecule has 1 amide bonds. The van der Waals surface area contributed by atoms with E-state index in [1.54, 1.807) is 4.90 Å². The van der Waals surface area contributed by atoms with Crippen LogP contribution in [0.4, 0.5) is 8.78 Å². The molecule has 2 aromatic carbocycles. The highest BCUT2D eigenvalue weighted by molar-refractivity contribution is 5.83. The molecule has 0 spiro atoms. The van der Waals surface area contributed by atoms with Crippen LogP contribution in [0.25, 0.3) is 0 Å². The van der Waals surface area contributed by atoms with Gasteiger partial charge in [-0.25, -0.2) is 8.78 Å². The second-order valence-electron chi connectivity index (χ2n) is 13.2. The zero-order valence-electron chi connectivity index (χ0n) is 25.9. The maximum atomic E-state index is 14.1. The lowest BCUT2D eigenvalue weighted by Crippen LogP contribution is -2.56. The molecule has 1 aliphatic carbocycles. The SMILES string of the molecule is COC(=O)CN1CCCC1C(=O)N[C@@H](Cc1cc(F)cc(F)c1)[C@H](O)CNC1(c2cccc(C(C)(C)C)c2)CCCCC1. The summed E-state index contributed by atoms with van der Waals surface area (Å²) in [5.74, 6) is -2.18. The average Bonchev–Trinajstić information content (AvgIpc) is 3.43. The highest BCUT2D eigenvalue weighted by atomic mass is 19.1. The minimum absolute atomic E-state index is 0.00534. The number of benzene rings is 2. The number of halogens is 2. The van der Waals surface area contributed by atoms with Crippen molar-refractivity contribution in [3.63, 3.8) is 0 Å². The number of hydrogen-bond donors (Lipinski definition) is 3. The van der Waals surface area contributed by atoms with E-state index in [4.69, 9.17) is 4.74 Å². The number of nitrogens with one attached hydrogen (secondary N) is 2. The summed E-state index contributed by atoms with van der Waals surface area (Å²) in [5.41, 5.74) is 2.42. The third kappa shape index (κ3) is 8.61. The molecule has 7 nitrogen and oxygen atoms in total. The molecule has 2 aromatic rings. The van der Waals surface area contributed by atoms with E-state index in [2.05, 4.69) is 55.7 Å². The first-order valence-corrected chi connectivity index (χ1v) is 15.5. The van der Waals surface area contributed by atoms with Gasteiger partial charge in [0.1, 0.15) is 11.6 Å². The van der Waals surface area contributed by atoms with E-state index in [9.17, 15) is 23.5 Å². The van der Waals surface area contributed by atoms with Gasteiger partial charge in [0.15, 0.2) is 0 Å². The zero-order valence-corrected chi connectivity index (χ0v) is 25.9. The maximum absolute atomic E-state index is 14.1. The molecule has 0 radical (unpaired) electrons. The van der Waals surface area contributed by atoms with Gasteiger partial charge in [-0.2, -0.15) is 0 Å². The summed E-state index contributed by atoms with van der Waals surface area (Å²) >= 11 is 0. The number of amides is 1. The molecule has 1 unspecified atom stereocenters. The largest absolute Gasteiger partial charge is 0.468 e. The molecule has 1 heterocycles. The van der Waals surface area contributed by atoms with Gasteiger partial charge >= 0.3 is 5.97 Å². The third-order valence-corrected chi connectivity index (χ3v) is 9.03. The number of methoxy groups -OCH3 is 1. The Morgan fingerprint density at radius 1 is 1.07 bits per heavy atom. The quantitative estimate of drug-likeness (QED) is 0.324. The smallest absolute Gasteiger partial charge is 0.319 e. The lowest BCUT2D eigenvalue weighted by Gasteiger charge is -2.41. The van der Waals surface area contributed by atoms with E-state index in [1.807, 2.05) is 0 Å². The minimum atomic E-state index is -1.05. The summed E-state index contributed by atoms with van der Waals surface area (Å²) in [6.45, 7) is 7.32. The summed E-state index contributed by atoms with van der Waals surface area (Å²) in [7, 11) is 1.31. The Balaban J connectivity index is 1.55. The average molecular weight is 600 g/mol. The van der Waals surface area contributed by atoms with E-state index in [0.29, 0.717) is 18.5 Å². The van der Waals surface area contributed by atoms with Gasteiger partial charge in [-0.15, -0.1) is 0 Å². The Morgan fingerprint density at radius 3 is 2.42 bits per heavy atom. The Labute approximate surface area is 254 Å². The van der Waals surface area contributed by atoms with Gasteiger partial charge < -0.3 is 20.5 Å². The van der Waals surface area contributed by atoms with Crippen LogP contribution in [0.3, 0.4) is 0 Å². The number of esters is 1. The summed E-state index contributed by atoms with van der Waals surface area (Å²) in [6.07, 6.45) is 5.41. The van der Waals surface area contributed by atoms with Crippen LogP contribution in [-0.4, -0.2) is 66.8 Å². The van der Waals surface area contributed by atoms with Crippen molar-refractivity contribution in [3.8, 4) is 0 Å². The van der Waals surface area contributed by atoms with Crippen LogP contribution in [0.2, 0.25) is 0 Å². The van der Waals surface area contributed by atoms with Gasteiger partial charge in [-0.3, -0.25) is 14.5 Å². The van der Waals surface area contributed by atoms with Crippen LogP contribution in [0, 0.1) is 11.6 Å². The molecule has 4 rings (SSSR count). The Hall–Kier alpha value is -2.88. The first-order valence-electron chi connectivity index (χ1n) is 15.5. The molecular weight excluding hydrogens is 552 g/mol. The summed E-state index contributed by atoms with van der Waals surface area (Å²) < 4.78 is 33.0. The predicted molar refractivity (Wildman–Crippen MR) is 163 cm³/mol. The number of likely N-dealkylation sites (tertiary alicyclic amines) is 1. The fourth-order valence-electron chi connectivity index (χ4n) is 6.54. The molecule has 1 saturated carbocycles. The highest BCUT2D eigenvalue weighted by Gasteiger charge is 2.37. The van der Waals surface area contributed by atoms with Gasteiger partial charge in [0.05, 0.1) is 31.8 Å². The molecule has 9 heteroatoms. The normalized spacial score (nSPS) is 20.4. The number of ether oxygens (including phenoxy) is 1. The van der Waals surface area contributed by atoms with Crippen molar-refractivity contribution in [1.82, 2.24) is 15.5 Å². The fourth-order valence-corrected chi connectivity index (χ4v) is 6.54. The van der Waals surface area contributed by atoms with Crippen molar-refractivity contribution >= 4 is 11.9 Å². The highest BCUT2D eigenvalue weighted by Crippen LogP contribution is 2.38.